The zero-order valence-electron chi connectivity index (χ0n) is 10.1. The molecule has 0 radical (unpaired) electrons. The van der Waals surface area contributed by atoms with Gasteiger partial charge in [0.05, 0.1) is 12.2 Å². The van der Waals surface area contributed by atoms with E-state index in [9.17, 15) is 4.79 Å². The average Bonchev–Trinajstić information content (AvgIpc) is 2.84. The monoisotopic (exact) mass is 262 g/mol. The van der Waals surface area contributed by atoms with E-state index < -0.39 is 5.97 Å². The third kappa shape index (κ3) is 2.90. The molecule has 4 heteroatoms. The number of hydrogen-bond acceptors (Lipinski definition) is 3. The Hall–Kier alpha value is -1.81. The normalized spacial score (nSPS) is 10.3. The third-order valence-electron chi connectivity index (χ3n) is 2.74. The SMILES string of the molecule is Cc1c(OCCc2ccsc2)cccc1C(=O)O. The third-order valence-corrected chi connectivity index (χ3v) is 3.47. The summed E-state index contributed by atoms with van der Waals surface area (Å²) in [5.74, 6) is -0.277. The molecule has 1 aromatic carbocycles. The molecule has 94 valence electrons. The van der Waals surface area contributed by atoms with Crippen LogP contribution in [0.4, 0.5) is 0 Å². The number of ether oxygens (including phenoxy) is 1. The van der Waals surface area contributed by atoms with Gasteiger partial charge in [0.2, 0.25) is 0 Å². The Morgan fingerprint density at radius 3 is 2.89 bits per heavy atom. The lowest BCUT2D eigenvalue weighted by Gasteiger charge is -2.10. The van der Waals surface area contributed by atoms with Crippen molar-refractivity contribution in [2.24, 2.45) is 0 Å². The lowest BCUT2D eigenvalue weighted by atomic mass is 10.1. The van der Waals surface area contributed by atoms with Gasteiger partial charge in [-0.15, -0.1) is 0 Å². The molecule has 1 heterocycles. The molecular formula is C14H14O3S. The predicted molar refractivity (Wildman–Crippen MR) is 71.7 cm³/mol. The van der Waals surface area contributed by atoms with Crippen molar-refractivity contribution in [1.82, 2.24) is 0 Å². The summed E-state index contributed by atoms with van der Waals surface area (Å²) in [5.41, 5.74) is 2.21. The van der Waals surface area contributed by atoms with Gasteiger partial charge in [-0.25, -0.2) is 4.79 Å². The summed E-state index contributed by atoms with van der Waals surface area (Å²) < 4.78 is 5.64. The van der Waals surface area contributed by atoms with E-state index in [1.54, 1.807) is 36.5 Å². The molecule has 0 aliphatic carbocycles. The van der Waals surface area contributed by atoms with E-state index in [2.05, 4.69) is 11.4 Å². The first-order chi connectivity index (χ1) is 8.68. The van der Waals surface area contributed by atoms with Gasteiger partial charge in [-0.2, -0.15) is 11.3 Å². The molecule has 1 N–H and O–H groups in total. The van der Waals surface area contributed by atoms with Gasteiger partial charge in [0.25, 0.3) is 0 Å². The highest BCUT2D eigenvalue weighted by Gasteiger charge is 2.10. The summed E-state index contributed by atoms with van der Waals surface area (Å²) in [6, 6.07) is 7.16. The van der Waals surface area contributed by atoms with Gasteiger partial charge in [-0.1, -0.05) is 6.07 Å². The number of benzene rings is 1. The highest BCUT2D eigenvalue weighted by Crippen LogP contribution is 2.21. The Morgan fingerprint density at radius 1 is 1.39 bits per heavy atom. The minimum Gasteiger partial charge on any atom is -0.493 e. The van der Waals surface area contributed by atoms with Crippen molar-refractivity contribution in [2.75, 3.05) is 6.61 Å². The first-order valence-corrected chi connectivity index (χ1v) is 6.59. The van der Waals surface area contributed by atoms with E-state index >= 15 is 0 Å². The molecule has 2 rings (SSSR count). The van der Waals surface area contributed by atoms with Crippen LogP contribution in [0, 0.1) is 6.92 Å². The fourth-order valence-electron chi connectivity index (χ4n) is 1.72. The molecule has 0 saturated carbocycles. The Kier molecular flexibility index (Phi) is 3.99. The van der Waals surface area contributed by atoms with Gasteiger partial charge in [-0.3, -0.25) is 0 Å². The van der Waals surface area contributed by atoms with Crippen molar-refractivity contribution in [2.45, 2.75) is 13.3 Å². The smallest absolute Gasteiger partial charge is 0.336 e. The van der Waals surface area contributed by atoms with Gasteiger partial charge >= 0.3 is 5.97 Å². The van der Waals surface area contributed by atoms with Crippen LogP contribution in [0.3, 0.4) is 0 Å². The summed E-state index contributed by atoms with van der Waals surface area (Å²) in [6.45, 7) is 2.32. The highest BCUT2D eigenvalue weighted by molar-refractivity contribution is 7.07. The van der Waals surface area contributed by atoms with Crippen molar-refractivity contribution >= 4 is 17.3 Å². The fourth-order valence-corrected chi connectivity index (χ4v) is 2.42. The number of hydrogen-bond donors (Lipinski definition) is 1. The molecule has 18 heavy (non-hydrogen) atoms. The van der Waals surface area contributed by atoms with E-state index in [4.69, 9.17) is 9.84 Å². The highest BCUT2D eigenvalue weighted by atomic mass is 32.1. The van der Waals surface area contributed by atoms with E-state index in [0.29, 0.717) is 23.5 Å². The predicted octanol–water partition coefficient (Wildman–Crippen LogP) is 3.38. The number of carboxylic acid groups (broad SMARTS) is 1. The van der Waals surface area contributed by atoms with E-state index in [1.807, 2.05) is 5.38 Å². The van der Waals surface area contributed by atoms with Crippen molar-refractivity contribution in [1.29, 1.82) is 0 Å². The van der Waals surface area contributed by atoms with Gasteiger partial charge in [0.15, 0.2) is 0 Å². The van der Waals surface area contributed by atoms with Crippen molar-refractivity contribution < 1.29 is 14.6 Å². The quantitative estimate of drug-likeness (QED) is 0.898. The van der Waals surface area contributed by atoms with Crippen molar-refractivity contribution in [3.8, 4) is 5.75 Å². The number of carbonyl (C=O) groups is 1. The van der Waals surface area contributed by atoms with E-state index in [1.165, 1.54) is 5.56 Å². The molecule has 1 aromatic heterocycles. The molecule has 3 nitrogen and oxygen atoms in total. The molecule has 0 unspecified atom stereocenters. The van der Waals surface area contributed by atoms with Crippen LogP contribution in [0.5, 0.6) is 5.75 Å². The van der Waals surface area contributed by atoms with Crippen LogP contribution in [-0.2, 0) is 6.42 Å². The minimum absolute atomic E-state index is 0.294. The molecule has 0 amide bonds. The maximum atomic E-state index is 11.0. The lowest BCUT2D eigenvalue weighted by molar-refractivity contribution is 0.0695. The van der Waals surface area contributed by atoms with Gasteiger partial charge in [0, 0.05) is 12.0 Å². The topological polar surface area (TPSA) is 46.5 Å². The second kappa shape index (κ2) is 5.69. The van der Waals surface area contributed by atoms with Crippen LogP contribution >= 0.6 is 11.3 Å². The van der Waals surface area contributed by atoms with Crippen LogP contribution in [0.2, 0.25) is 0 Å². The van der Waals surface area contributed by atoms with Crippen LogP contribution in [0.1, 0.15) is 21.5 Å². The van der Waals surface area contributed by atoms with Crippen molar-refractivity contribution in [3.63, 3.8) is 0 Å². The number of carboxylic acids is 1. The van der Waals surface area contributed by atoms with Gasteiger partial charge in [0.1, 0.15) is 5.75 Å². The summed E-state index contributed by atoms with van der Waals surface area (Å²) in [4.78, 5) is 11.0. The van der Waals surface area contributed by atoms with Crippen LogP contribution < -0.4 is 4.74 Å². The summed E-state index contributed by atoms with van der Waals surface area (Å²) in [5, 5.41) is 13.1. The zero-order chi connectivity index (χ0) is 13.0. The molecule has 0 aliphatic rings. The summed E-state index contributed by atoms with van der Waals surface area (Å²) in [7, 11) is 0. The van der Waals surface area contributed by atoms with E-state index in [-0.39, 0.29) is 0 Å². The largest absolute Gasteiger partial charge is 0.493 e. The minimum atomic E-state index is -0.921. The molecule has 2 aromatic rings. The van der Waals surface area contributed by atoms with Crippen molar-refractivity contribution in [3.05, 3.63) is 51.7 Å². The fraction of sp³-hybridized carbons (Fsp3) is 0.214. The van der Waals surface area contributed by atoms with Gasteiger partial charge < -0.3 is 9.84 Å². The van der Waals surface area contributed by atoms with E-state index in [0.717, 1.165) is 6.42 Å². The molecule has 0 fully saturated rings. The molecular weight excluding hydrogens is 248 g/mol. The Labute approximate surface area is 110 Å². The lowest BCUT2D eigenvalue weighted by Crippen LogP contribution is -2.05. The first kappa shape index (κ1) is 12.6. The Balaban J connectivity index is 2.01. The molecule has 0 spiro atoms. The summed E-state index contributed by atoms with van der Waals surface area (Å²) in [6.07, 6.45) is 0.834. The molecule has 0 aliphatic heterocycles. The number of aromatic carboxylic acids is 1. The standard InChI is InChI=1S/C14H14O3S/c1-10-12(14(15)16)3-2-4-13(10)17-7-5-11-6-8-18-9-11/h2-4,6,8-9H,5,7H2,1H3,(H,15,16). The van der Waals surface area contributed by atoms with Gasteiger partial charge in [-0.05, 0) is 41.4 Å². The zero-order valence-corrected chi connectivity index (χ0v) is 10.9. The second-order valence-corrected chi connectivity index (χ2v) is 4.74. The molecule has 0 bridgehead atoms. The maximum absolute atomic E-state index is 11.0. The van der Waals surface area contributed by atoms with Crippen LogP contribution in [0.25, 0.3) is 0 Å². The Bertz CT molecular complexity index is 532. The first-order valence-electron chi connectivity index (χ1n) is 5.65. The Morgan fingerprint density at radius 2 is 2.22 bits per heavy atom. The average molecular weight is 262 g/mol. The number of rotatable bonds is 5. The number of thiophene rings is 1. The summed E-state index contributed by atoms with van der Waals surface area (Å²) >= 11 is 1.66. The molecule has 0 saturated heterocycles. The maximum Gasteiger partial charge on any atom is 0.336 e. The second-order valence-electron chi connectivity index (χ2n) is 3.96. The molecule has 0 atom stereocenters. The van der Waals surface area contributed by atoms with Crippen LogP contribution in [-0.4, -0.2) is 17.7 Å². The van der Waals surface area contributed by atoms with Crippen LogP contribution in [0.15, 0.2) is 35.0 Å².